The second kappa shape index (κ2) is 6.14. The topological polar surface area (TPSA) is 98.5 Å². The number of rotatable bonds is 4. The number of nitro groups is 1. The van der Waals surface area contributed by atoms with E-state index in [-0.39, 0.29) is 10.6 Å². The maximum atomic E-state index is 11.9. The van der Waals surface area contributed by atoms with Crippen molar-refractivity contribution in [2.24, 2.45) is 0 Å². The molecule has 1 rings (SSSR count). The summed E-state index contributed by atoms with van der Waals surface area (Å²) < 4.78 is 4.44. The Balaban J connectivity index is 3.04. The van der Waals surface area contributed by atoms with Crippen LogP contribution in [-0.2, 0) is 9.53 Å². The number of methoxy groups -OCH3 is 1. The number of benzene rings is 1. The van der Waals surface area contributed by atoms with Gasteiger partial charge in [-0.05, 0) is 19.1 Å². The smallest absolute Gasteiger partial charge is 0.328 e. The number of carbonyl (C=O) groups excluding carboxylic acids is 2. The van der Waals surface area contributed by atoms with E-state index in [0.29, 0.717) is 0 Å². The lowest BCUT2D eigenvalue weighted by atomic mass is 10.1. The van der Waals surface area contributed by atoms with E-state index in [2.05, 4.69) is 10.1 Å². The molecule has 1 aromatic rings. The maximum absolute atomic E-state index is 11.9. The molecule has 102 valence electrons. The molecule has 0 saturated carbocycles. The number of esters is 1. The van der Waals surface area contributed by atoms with Gasteiger partial charge in [0.25, 0.3) is 5.91 Å². The van der Waals surface area contributed by atoms with Gasteiger partial charge in [-0.1, -0.05) is 17.7 Å². The highest BCUT2D eigenvalue weighted by atomic mass is 35.5. The lowest BCUT2D eigenvalue weighted by Crippen LogP contribution is -2.39. The highest BCUT2D eigenvalue weighted by Gasteiger charge is 2.25. The fourth-order valence-electron chi connectivity index (χ4n) is 1.39. The number of nitrogens with zero attached hydrogens (tertiary/aromatic N) is 1. The van der Waals surface area contributed by atoms with Gasteiger partial charge < -0.3 is 10.1 Å². The predicted octanol–water partition coefficient (Wildman–Crippen LogP) is 1.54. The van der Waals surface area contributed by atoms with Crippen LogP contribution in [0.1, 0.15) is 17.3 Å². The lowest BCUT2D eigenvalue weighted by Gasteiger charge is -2.11. The summed E-state index contributed by atoms with van der Waals surface area (Å²) in [4.78, 5) is 33.2. The van der Waals surface area contributed by atoms with Crippen LogP contribution >= 0.6 is 11.6 Å². The molecular formula is C11H11ClN2O5. The molecule has 0 bridgehead atoms. The molecule has 8 heteroatoms. The Morgan fingerprint density at radius 1 is 1.47 bits per heavy atom. The van der Waals surface area contributed by atoms with Crippen molar-refractivity contribution in [3.63, 3.8) is 0 Å². The fraction of sp³-hybridized carbons (Fsp3) is 0.273. The van der Waals surface area contributed by atoms with Crippen molar-refractivity contribution in [1.82, 2.24) is 5.32 Å². The molecule has 1 atom stereocenters. The highest BCUT2D eigenvalue weighted by molar-refractivity contribution is 6.33. The molecular weight excluding hydrogens is 276 g/mol. The minimum absolute atomic E-state index is 0.150. The molecule has 0 fully saturated rings. The fourth-order valence-corrected chi connectivity index (χ4v) is 1.64. The summed E-state index contributed by atoms with van der Waals surface area (Å²) in [6, 6.07) is 3.05. The van der Waals surface area contributed by atoms with Crippen LogP contribution in [0.15, 0.2) is 18.2 Å². The average Bonchev–Trinajstić information content (AvgIpc) is 2.36. The summed E-state index contributed by atoms with van der Waals surface area (Å²) >= 11 is 5.68. The summed E-state index contributed by atoms with van der Waals surface area (Å²) in [5.74, 6) is -1.43. The second-order valence-electron chi connectivity index (χ2n) is 3.61. The summed E-state index contributed by atoms with van der Waals surface area (Å²) in [6.45, 7) is 1.40. The molecule has 0 radical (unpaired) electrons. The van der Waals surface area contributed by atoms with E-state index in [9.17, 15) is 19.7 Å². The van der Waals surface area contributed by atoms with Crippen molar-refractivity contribution in [1.29, 1.82) is 0 Å². The first-order chi connectivity index (χ1) is 8.88. The Kier molecular flexibility index (Phi) is 4.82. The largest absolute Gasteiger partial charge is 0.467 e. The molecule has 19 heavy (non-hydrogen) atoms. The standard InChI is InChI=1S/C11H11ClN2O5/c1-6(11(16)19-2)13-10(15)7-4-3-5-8(12)9(7)14(17)18/h3-6H,1-2H3,(H,13,15). The molecule has 1 amide bonds. The first-order valence-electron chi connectivity index (χ1n) is 5.20. The minimum atomic E-state index is -0.920. The molecule has 1 N–H and O–H groups in total. The van der Waals surface area contributed by atoms with Crippen LogP contribution in [0.25, 0.3) is 0 Å². The van der Waals surface area contributed by atoms with E-state index in [1.165, 1.54) is 32.2 Å². The number of nitrogens with one attached hydrogen (secondary N) is 1. The van der Waals surface area contributed by atoms with Crippen LogP contribution in [0.3, 0.4) is 0 Å². The normalized spacial score (nSPS) is 11.5. The second-order valence-corrected chi connectivity index (χ2v) is 4.02. The van der Waals surface area contributed by atoms with Crippen molar-refractivity contribution in [2.75, 3.05) is 7.11 Å². The van der Waals surface area contributed by atoms with Crippen molar-refractivity contribution < 1.29 is 19.2 Å². The van der Waals surface area contributed by atoms with Gasteiger partial charge >= 0.3 is 11.7 Å². The number of carbonyl (C=O) groups is 2. The van der Waals surface area contributed by atoms with Crippen LogP contribution in [0, 0.1) is 10.1 Å². The molecule has 0 saturated heterocycles. The van der Waals surface area contributed by atoms with Crippen molar-refractivity contribution in [3.05, 3.63) is 38.9 Å². The van der Waals surface area contributed by atoms with E-state index >= 15 is 0 Å². The van der Waals surface area contributed by atoms with Crippen molar-refractivity contribution in [3.8, 4) is 0 Å². The number of ether oxygens (including phenoxy) is 1. The van der Waals surface area contributed by atoms with Crippen LogP contribution in [0.5, 0.6) is 0 Å². The van der Waals surface area contributed by atoms with Gasteiger partial charge in [0.05, 0.1) is 12.0 Å². The van der Waals surface area contributed by atoms with Crippen molar-refractivity contribution in [2.45, 2.75) is 13.0 Å². The predicted molar refractivity (Wildman–Crippen MR) is 67.1 cm³/mol. The van der Waals surface area contributed by atoms with E-state index in [1.807, 2.05) is 0 Å². The third-order valence-electron chi connectivity index (χ3n) is 2.32. The SMILES string of the molecule is COC(=O)C(C)NC(=O)c1cccc(Cl)c1[N+](=O)[O-]. The summed E-state index contributed by atoms with van der Waals surface area (Å²) in [5, 5.41) is 13.0. The zero-order valence-electron chi connectivity index (χ0n) is 10.2. The van der Waals surface area contributed by atoms with Crippen molar-refractivity contribution >= 4 is 29.2 Å². The number of hydrogen-bond donors (Lipinski definition) is 1. The Morgan fingerprint density at radius 3 is 2.63 bits per heavy atom. The number of hydrogen-bond acceptors (Lipinski definition) is 5. The molecule has 0 spiro atoms. The Hall–Kier alpha value is -2.15. The Labute approximate surface area is 113 Å². The van der Waals surface area contributed by atoms with Gasteiger partial charge in [-0.2, -0.15) is 0 Å². The summed E-state index contributed by atoms with van der Waals surface area (Å²) in [6.07, 6.45) is 0. The first kappa shape index (κ1) is 14.9. The monoisotopic (exact) mass is 286 g/mol. The van der Waals surface area contributed by atoms with Crippen LogP contribution in [-0.4, -0.2) is 30.0 Å². The van der Waals surface area contributed by atoms with Crippen LogP contribution in [0.4, 0.5) is 5.69 Å². The van der Waals surface area contributed by atoms with E-state index < -0.39 is 28.5 Å². The van der Waals surface area contributed by atoms with Crippen LogP contribution < -0.4 is 5.32 Å². The number of amides is 1. The van der Waals surface area contributed by atoms with Gasteiger partial charge in [0.2, 0.25) is 0 Å². The molecule has 0 aliphatic carbocycles. The maximum Gasteiger partial charge on any atom is 0.328 e. The van der Waals surface area contributed by atoms with E-state index in [0.717, 1.165) is 0 Å². The first-order valence-corrected chi connectivity index (χ1v) is 5.58. The number of halogens is 1. The Morgan fingerprint density at radius 2 is 2.11 bits per heavy atom. The Bertz CT molecular complexity index is 532. The molecule has 0 aromatic heterocycles. The molecule has 7 nitrogen and oxygen atoms in total. The lowest BCUT2D eigenvalue weighted by molar-refractivity contribution is -0.385. The number of para-hydroxylation sites is 1. The van der Waals surface area contributed by atoms with Gasteiger partial charge in [-0.3, -0.25) is 14.9 Å². The molecule has 1 aromatic carbocycles. The minimum Gasteiger partial charge on any atom is -0.467 e. The number of nitro benzene ring substituents is 1. The highest BCUT2D eigenvalue weighted by Crippen LogP contribution is 2.28. The molecule has 1 unspecified atom stereocenters. The van der Waals surface area contributed by atoms with E-state index in [1.54, 1.807) is 0 Å². The van der Waals surface area contributed by atoms with Gasteiger partial charge in [0.15, 0.2) is 0 Å². The van der Waals surface area contributed by atoms with Crippen LogP contribution in [0.2, 0.25) is 5.02 Å². The van der Waals surface area contributed by atoms with Gasteiger partial charge in [-0.25, -0.2) is 4.79 Å². The average molecular weight is 287 g/mol. The third kappa shape index (κ3) is 3.41. The quantitative estimate of drug-likeness (QED) is 0.514. The zero-order valence-corrected chi connectivity index (χ0v) is 10.9. The molecule has 0 aliphatic heterocycles. The third-order valence-corrected chi connectivity index (χ3v) is 2.62. The van der Waals surface area contributed by atoms with Gasteiger partial charge in [-0.15, -0.1) is 0 Å². The van der Waals surface area contributed by atoms with Gasteiger partial charge in [0, 0.05) is 0 Å². The summed E-state index contributed by atoms with van der Waals surface area (Å²) in [7, 11) is 1.17. The molecule has 0 heterocycles. The van der Waals surface area contributed by atoms with E-state index in [4.69, 9.17) is 11.6 Å². The van der Waals surface area contributed by atoms with Gasteiger partial charge in [0.1, 0.15) is 16.6 Å². The zero-order chi connectivity index (χ0) is 14.6. The molecule has 0 aliphatic rings. The summed E-state index contributed by atoms with van der Waals surface area (Å²) in [5.41, 5.74) is -0.716.